The standard InChI is InChI=1S/C23H22O2/c1-17-8-10-20(11-9-17)23(24)16-22(18-6-4-3-5-7-18)19-12-14-21(25-2)15-13-19/h3-15,22H,16H2,1-2H3. The van der Waals surface area contributed by atoms with Gasteiger partial charge in [-0.25, -0.2) is 0 Å². The number of hydrogen-bond acceptors (Lipinski definition) is 2. The zero-order chi connectivity index (χ0) is 17.6. The molecule has 3 aromatic rings. The molecule has 126 valence electrons. The molecule has 0 fully saturated rings. The molecule has 0 bridgehead atoms. The molecule has 0 aliphatic carbocycles. The smallest absolute Gasteiger partial charge is 0.163 e. The number of benzene rings is 3. The minimum Gasteiger partial charge on any atom is -0.497 e. The molecular formula is C23H22O2. The normalized spacial score (nSPS) is 11.8. The lowest BCUT2D eigenvalue weighted by molar-refractivity contribution is 0.0977. The highest BCUT2D eigenvalue weighted by atomic mass is 16.5. The molecule has 0 aromatic heterocycles. The minimum absolute atomic E-state index is 0.0286. The maximum Gasteiger partial charge on any atom is 0.163 e. The highest BCUT2D eigenvalue weighted by molar-refractivity contribution is 5.96. The van der Waals surface area contributed by atoms with Crippen molar-refractivity contribution in [3.63, 3.8) is 0 Å². The van der Waals surface area contributed by atoms with Crippen LogP contribution in [0.3, 0.4) is 0 Å². The third-order valence-corrected chi connectivity index (χ3v) is 4.48. The molecule has 0 aliphatic heterocycles. The second-order valence-corrected chi connectivity index (χ2v) is 6.23. The summed E-state index contributed by atoms with van der Waals surface area (Å²) in [6.07, 6.45) is 0.444. The first-order chi connectivity index (χ1) is 12.2. The van der Waals surface area contributed by atoms with E-state index in [1.165, 1.54) is 0 Å². The Bertz CT molecular complexity index is 818. The second kappa shape index (κ2) is 7.80. The first-order valence-corrected chi connectivity index (χ1v) is 8.46. The maximum atomic E-state index is 12.8. The van der Waals surface area contributed by atoms with Gasteiger partial charge in [-0.05, 0) is 30.2 Å². The van der Waals surface area contributed by atoms with Crippen molar-refractivity contribution >= 4 is 5.78 Å². The summed E-state index contributed by atoms with van der Waals surface area (Å²) < 4.78 is 5.25. The van der Waals surface area contributed by atoms with Gasteiger partial charge in [0.1, 0.15) is 5.75 Å². The SMILES string of the molecule is COc1ccc(C(CC(=O)c2ccc(C)cc2)c2ccccc2)cc1. The average Bonchev–Trinajstić information content (AvgIpc) is 2.67. The van der Waals surface area contributed by atoms with Crippen LogP contribution in [0, 0.1) is 6.92 Å². The van der Waals surface area contributed by atoms with E-state index in [2.05, 4.69) is 12.1 Å². The highest BCUT2D eigenvalue weighted by Gasteiger charge is 2.19. The molecule has 3 rings (SSSR count). The van der Waals surface area contributed by atoms with Crippen LogP contribution in [0.5, 0.6) is 5.75 Å². The lowest BCUT2D eigenvalue weighted by Gasteiger charge is -2.18. The Hall–Kier alpha value is -2.87. The second-order valence-electron chi connectivity index (χ2n) is 6.23. The van der Waals surface area contributed by atoms with Gasteiger partial charge in [0, 0.05) is 17.9 Å². The number of ketones is 1. The number of hydrogen-bond donors (Lipinski definition) is 0. The Morgan fingerprint density at radius 2 is 1.44 bits per heavy atom. The fourth-order valence-corrected chi connectivity index (χ4v) is 2.99. The number of methoxy groups -OCH3 is 1. The summed E-state index contributed by atoms with van der Waals surface area (Å²) in [5, 5.41) is 0. The summed E-state index contributed by atoms with van der Waals surface area (Å²) in [5.41, 5.74) is 4.19. The van der Waals surface area contributed by atoms with E-state index in [0.717, 1.165) is 28.0 Å². The van der Waals surface area contributed by atoms with Gasteiger partial charge in [0.05, 0.1) is 7.11 Å². The summed E-state index contributed by atoms with van der Waals surface area (Å²) in [6, 6.07) is 26.0. The zero-order valence-electron chi connectivity index (χ0n) is 14.6. The van der Waals surface area contributed by atoms with Crippen molar-refractivity contribution in [1.82, 2.24) is 0 Å². The summed E-state index contributed by atoms with van der Waals surface area (Å²) >= 11 is 0. The number of carbonyl (C=O) groups excluding carboxylic acids is 1. The van der Waals surface area contributed by atoms with Crippen LogP contribution in [-0.4, -0.2) is 12.9 Å². The van der Waals surface area contributed by atoms with Crippen molar-refractivity contribution in [2.45, 2.75) is 19.3 Å². The van der Waals surface area contributed by atoms with Crippen LogP contribution in [-0.2, 0) is 0 Å². The third kappa shape index (κ3) is 4.16. The van der Waals surface area contributed by atoms with Gasteiger partial charge >= 0.3 is 0 Å². The summed E-state index contributed by atoms with van der Waals surface area (Å²) in [7, 11) is 1.66. The summed E-state index contributed by atoms with van der Waals surface area (Å²) in [6.45, 7) is 2.03. The van der Waals surface area contributed by atoms with E-state index in [4.69, 9.17) is 4.74 Å². The number of Topliss-reactive ketones (excluding diaryl/α,β-unsaturated/α-hetero) is 1. The van der Waals surface area contributed by atoms with E-state index < -0.39 is 0 Å². The maximum absolute atomic E-state index is 12.8. The quantitative estimate of drug-likeness (QED) is 0.565. The summed E-state index contributed by atoms with van der Waals surface area (Å²) in [4.78, 5) is 12.8. The molecular weight excluding hydrogens is 308 g/mol. The van der Waals surface area contributed by atoms with Gasteiger partial charge in [-0.3, -0.25) is 4.79 Å². The lowest BCUT2D eigenvalue weighted by atomic mass is 9.85. The predicted molar refractivity (Wildman–Crippen MR) is 101 cm³/mol. The zero-order valence-corrected chi connectivity index (χ0v) is 14.6. The molecule has 0 N–H and O–H groups in total. The van der Waals surface area contributed by atoms with Crippen LogP contribution < -0.4 is 4.74 Å². The number of ether oxygens (including phenoxy) is 1. The van der Waals surface area contributed by atoms with E-state index >= 15 is 0 Å². The van der Waals surface area contributed by atoms with Crippen molar-refractivity contribution < 1.29 is 9.53 Å². The molecule has 2 heteroatoms. The fourth-order valence-electron chi connectivity index (χ4n) is 2.99. The third-order valence-electron chi connectivity index (χ3n) is 4.48. The van der Waals surface area contributed by atoms with E-state index in [9.17, 15) is 4.79 Å². The Balaban J connectivity index is 1.90. The Morgan fingerprint density at radius 3 is 2.04 bits per heavy atom. The Morgan fingerprint density at radius 1 is 0.840 bits per heavy atom. The molecule has 0 heterocycles. The van der Waals surface area contributed by atoms with Crippen molar-refractivity contribution in [1.29, 1.82) is 0 Å². The molecule has 1 unspecified atom stereocenters. The van der Waals surface area contributed by atoms with Crippen molar-refractivity contribution in [2.75, 3.05) is 7.11 Å². The van der Waals surface area contributed by atoms with Crippen LogP contribution >= 0.6 is 0 Å². The van der Waals surface area contributed by atoms with Crippen molar-refractivity contribution in [2.24, 2.45) is 0 Å². The fraction of sp³-hybridized carbons (Fsp3) is 0.174. The van der Waals surface area contributed by atoms with Gasteiger partial charge in [0.25, 0.3) is 0 Å². The molecule has 0 saturated heterocycles. The van der Waals surface area contributed by atoms with E-state index in [1.54, 1.807) is 7.11 Å². The lowest BCUT2D eigenvalue weighted by Crippen LogP contribution is -2.09. The number of carbonyl (C=O) groups is 1. The average molecular weight is 330 g/mol. The predicted octanol–water partition coefficient (Wildman–Crippen LogP) is 5.41. The molecule has 25 heavy (non-hydrogen) atoms. The minimum atomic E-state index is 0.0286. The molecule has 3 aromatic carbocycles. The van der Waals surface area contributed by atoms with Crippen LogP contribution in [0.2, 0.25) is 0 Å². The Labute approximate surface area is 149 Å². The van der Waals surface area contributed by atoms with E-state index in [-0.39, 0.29) is 11.7 Å². The van der Waals surface area contributed by atoms with Crippen LogP contribution in [0.15, 0.2) is 78.9 Å². The molecule has 2 nitrogen and oxygen atoms in total. The highest BCUT2D eigenvalue weighted by Crippen LogP contribution is 2.30. The van der Waals surface area contributed by atoms with E-state index in [1.807, 2.05) is 73.7 Å². The molecule has 0 saturated carbocycles. The molecule has 0 amide bonds. The van der Waals surface area contributed by atoms with Gasteiger partial charge in [-0.15, -0.1) is 0 Å². The van der Waals surface area contributed by atoms with Gasteiger partial charge in [0.15, 0.2) is 5.78 Å². The molecule has 0 radical (unpaired) electrons. The Kier molecular flexibility index (Phi) is 5.30. The van der Waals surface area contributed by atoms with Gasteiger partial charge in [-0.2, -0.15) is 0 Å². The van der Waals surface area contributed by atoms with Gasteiger partial charge in [-0.1, -0.05) is 72.3 Å². The van der Waals surface area contributed by atoms with Crippen LogP contribution in [0.25, 0.3) is 0 Å². The van der Waals surface area contributed by atoms with Crippen molar-refractivity contribution in [3.8, 4) is 5.75 Å². The van der Waals surface area contributed by atoms with Gasteiger partial charge in [0.2, 0.25) is 0 Å². The van der Waals surface area contributed by atoms with Crippen LogP contribution in [0.4, 0.5) is 0 Å². The largest absolute Gasteiger partial charge is 0.497 e. The molecule has 0 aliphatic rings. The van der Waals surface area contributed by atoms with Crippen molar-refractivity contribution in [3.05, 3.63) is 101 Å². The molecule has 0 spiro atoms. The summed E-state index contributed by atoms with van der Waals surface area (Å²) in [5.74, 6) is 1.01. The van der Waals surface area contributed by atoms with E-state index in [0.29, 0.717) is 6.42 Å². The van der Waals surface area contributed by atoms with Crippen LogP contribution in [0.1, 0.15) is 39.4 Å². The van der Waals surface area contributed by atoms with Gasteiger partial charge < -0.3 is 4.74 Å². The topological polar surface area (TPSA) is 26.3 Å². The number of aryl methyl sites for hydroxylation is 1. The first-order valence-electron chi connectivity index (χ1n) is 8.46. The first kappa shape index (κ1) is 17.0. The molecule has 1 atom stereocenters. The number of rotatable bonds is 6. The monoisotopic (exact) mass is 330 g/mol.